The molecular weight excluding hydrogens is 471 g/mol. The average Bonchev–Trinajstić information content (AvgIpc) is 3.73. The number of nitrogens with zero attached hydrogens (tertiary/aromatic N) is 3. The van der Waals surface area contributed by atoms with Crippen molar-refractivity contribution in [2.24, 2.45) is 0 Å². The number of carbonyl (C=O) groups excluding carboxylic acids is 1. The summed E-state index contributed by atoms with van der Waals surface area (Å²) in [5, 5.41) is 13.5. The van der Waals surface area contributed by atoms with Gasteiger partial charge in [-0.2, -0.15) is 0 Å². The summed E-state index contributed by atoms with van der Waals surface area (Å²) < 4.78 is 20.2. The van der Waals surface area contributed by atoms with Gasteiger partial charge < -0.3 is 15.2 Å². The number of aliphatic hydroxyl groups excluding tert-OH is 1. The lowest BCUT2D eigenvalue weighted by Crippen LogP contribution is -2.30. The van der Waals surface area contributed by atoms with Crippen LogP contribution < -0.4 is 5.32 Å². The van der Waals surface area contributed by atoms with Gasteiger partial charge in [0.05, 0.1) is 49.0 Å². The minimum Gasteiger partial charge on any atom is -0.395 e. The van der Waals surface area contributed by atoms with Crippen molar-refractivity contribution in [2.75, 3.05) is 13.2 Å². The van der Waals surface area contributed by atoms with Gasteiger partial charge in [-0.1, -0.05) is 12.1 Å². The second-order valence-electron chi connectivity index (χ2n) is 10.2. The van der Waals surface area contributed by atoms with Gasteiger partial charge in [-0.25, -0.2) is 9.37 Å². The van der Waals surface area contributed by atoms with Crippen molar-refractivity contribution >= 4 is 16.8 Å². The van der Waals surface area contributed by atoms with Crippen molar-refractivity contribution in [1.82, 2.24) is 20.3 Å². The molecule has 7 nitrogen and oxygen atoms in total. The summed E-state index contributed by atoms with van der Waals surface area (Å²) in [6.07, 6.45) is 3.62. The quantitative estimate of drug-likeness (QED) is 0.410. The Labute approximate surface area is 213 Å². The van der Waals surface area contributed by atoms with Crippen LogP contribution in [0, 0.1) is 0 Å². The van der Waals surface area contributed by atoms with Gasteiger partial charge >= 0.3 is 0 Å². The third-order valence-corrected chi connectivity index (χ3v) is 7.34. The zero-order chi connectivity index (χ0) is 25.6. The number of nitrogens with one attached hydrogen (secondary N) is 1. The molecule has 0 radical (unpaired) electrons. The highest BCUT2D eigenvalue weighted by Gasteiger charge is 2.45. The molecule has 0 saturated heterocycles. The lowest BCUT2D eigenvalue weighted by Gasteiger charge is -2.29. The summed E-state index contributed by atoms with van der Waals surface area (Å²) in [6.45, 7) is 2.09. The lowest BCUT2D eigenvalue weighted by molar-refractivity contribution is -0.00467. The third kappa shape index (κ3) is 4.47. The van der Waals surface area contributed by atoms with Crippen molar-refractivity contribution in [2.45, 2.75) is 44.0 Å². The number of ether oxygens (including phenoxy) is 1. The summed E-state index contributed by atoms with van der Waals surface area (Å²) in [7, 11) is 0. The molecule has 2 N–H and O–H groups in total. The fourth-order valence-corrected chi connectivity index (χ4v) is 4.85. The van der Waals surface area contributed by atoms with Crippen molar-refractivity contribution in [1.29, 1.82) is 0 Å². The molecule has 1 aliphatic carbocycles. The summed E-state index contributed by atoms with van der Waals surface area (Å²) in [5.74, 6) is -0.299. The largest absolute Gasteiger partial charge is 0.395 e. The Morgan fingerprint density at radius 2 is 1.95 bits per heavy atom. The molecule has 37 heavy (non-hydrogen) atoms. The van der Waals surface area contributed by atoms with E-state index in [1.165, 1.54) is 6.92 Å². The maximum Gasteiger partial charge on any atom is 0.251 e. The van der Waals surface area contributed by atoms with Crippen LogP contribution in [0.1, 0.15) is 52.6 Å². The summed E-state index contributed by atoms with van der Waals surface area (Å²) in [6, 6.07) is 16.6. The fourth-order valence-electron chi connectivity index (χ4n) is 4.85. The molecule has 4 aromatic rings. The van der Waals surface area contributed by atoms with Gasteiger partial charge in [-0.15, -0.1) is 0 Å². The van der Waals surface area contributed by atoms with E-state index in [4.69, 9.17) is 14.7 Å². The molecule has 2 aliphatic rings. The van der Waals surface area contributed by atoms with Crippen LogP contribution >= 0.6 is 0 Å². The highest BCUT2D eigenvalue weighted by Crippen LogP contribution is 2.47. The second kappa shape index (κ2) is 8.97. The van der Waals surface area contributed by atoms with Gasteiger partial charge in [-0.3, -0.25) is 14.8 Å². The Balaban J connectivity index is 1.21. The van der Waals surface area contributed by atoms with Gasteiger partial charge in [0.15, 0.2) is 5.67 Å². The van der Waals surface area contributed by atoms with Crippen LogP contribution in [0.5, 0.6) is 0 Å². The molecule has 1 atom stereocenters. The number of carbonyl (C=O) groups is 1. The minimum atomic E-state index is -1.63. The van der Waals surface area contributed by atoms with E-state index in [-0.39, 0.29) is 31.1 Å². The Morgan fingerprint density at radius 3 is 2.76 bits per heavy atom. The van der Waals surface area contributed by atoms with E-state index in [9.17, 15) is 14.3 Å². The van der Waals surface area contributed by atoms with Crippen LogP contribution in [-0.2, 0) is 29.0 Å². The predicted octanol–water partition coefficient (Wildman–Crippen LogP) is 4.36. The standard InChI is InChI=1S/C29H27FN4O3/c1-28(30)17-37-15-20-6-5-18(11-22(20)28)27(36)32-14-21-12-25-19(13-31-21)7-8-24(33-25)23-3-2-4-26(34-23)29(16-35)9-10-29/h2-8,11-13,35H,9-10,14-17H2,1H3,(H,32,36)/t28-/m1/s1. The summed E-state index contributed by atoms with van der Waals surface area (Å²) in [5.41, 5.74) is 3.60. The van der Waals surface area contributed by atoms with Crippen molar-refractivity contribution in [3.63, 3.8) is 0 Å². The number of hydrogen-bond donors (Lipinski definition) is 2. The molecule has 1 amide bonds. The van der Waals surface area contributed by atoms with Gasteiger partial charge in [0.2, 0.25) is 0 Å². The number of hydrogen-bond acceptors (Lipinski definition) is 6. The van der Waals surface area contributed by atoms with E-state index in [0.29, 0.717) is 23.4 Å². The Morgan fingerprint density at radius 1 is 1.11 bits per heavy atom. The zero-order valence-electron chi connectivity index (χ0n) is 20.5. The number of alkyl halides is 1. The fraction of sp³-hybridized carbons (Fsp3) is 0.310. The van der Waals surface area contributed by atoms with Crippen molar-refractivity contribution in [3.05, 3.63) is 88.9 Å². The van der Waals surface area contributed by atoms with Crippen LogP contribution in [0.15, 0.2) is 60.8 Å². The van der Waals surface area contributed by atoms with E-state index in [1.807, 2.05) is 36.4 Å². The first-order valence-corrected chi connectivity index (χ1v) is 12.4. The highest BCUT2D eigenvalue weighted by molar-refractivity contribution is 5.94. The molecule has 1 aromatic carbocycles. The molecule has 6 rings (SSSR count). The number of benzene rings is 1. The Kier molecular flexibility index (Phi) is 5.73. The van der Waals surface area contributed by atoms with E-state index in [2.05, 4.69) is 10.3 Å². The number of rotatable bonds is 6. The van der Waals surface area contributed by atoms with Crippen LogP contribution in [0.25, 0.3) is 22.3 Å². The van der Waals surface area contributed by atoms with Crippen molar-refractivity contribution < 1.29 is 19.0 Å². The molecule has 4 heterocycles. The van der Waals surface area contributed by atoms with Gasteiger partial charge in [0.25, 0.3) is 5.91 Å². The predicted molar refractivity (Wildman–Crippen MR) is 136 cm³/mol. The monoisotopic (exact) mass is 498 g/mol. The lowest BCUT2D eigenvalue weighted by atomic mass is 9.90. The van der Waals surface area contributed by atoms with Crippen LogP contribution in [-0.4, -0.2) is 39.2 Å². The van der Waals surface area contributed by atoms with Crippen LogP contribution in [0.3, 0.4) is 0 Å². The van der Waals surface area contributed by atoms with Crippen LogP contribution in [0.4, 0.5) is 4.39 Å². The number of pyridine rings is 3. The van der Waals surface area contributed by atoms with E-state index in [1.54, 1.807) is 24.4 Å². The molecule has 1 saturated carbocycles. The zero-order valence-corrected chi connectivity index (χ0v) is 20.5. The molecule has 0 spiro atoms. The average molecular weight is 499 g/mol. The van der Waals surface area contributed by atoms with Crippen molar-refractivity contribution in [3.8, 4) is 11.4 Å². The molecule has 8 heteroatoms. The molecular formula is C29H27FN4O3. The second-order valence-corrected chi connectivity index (χ2v) is 10.2. The molecule has 1 fully saturated rings. The molecule has 0 bridgehead atoms. The highest BCUT2D eigenvalue weighted by atomic mass is 19.1. The number of amides is 1. The molecule has 3 aromatic heterocycles. The number of aliphatic hydroxyl groups is 1. The normalized spacial score (nSPS) is 19.9. The van der Waals surface area contributed by atoms with Gasteiger partial charge in [0.1, 0.15) is 0 Å². The Bertz CT molecular complexity index is 1520. The first kappa shape index (κ1) is 23.6. The van der Waals surface area contributed by atoms with Gasteiger partial charge in [-0.05, 0) is 73.4 Å². The summed E-state index contributed by atoms with van der Waals surface area (Å²) >= 11 is 0. The smallest absolute Gasteiger partial charge is 0.251 e. The van der Waals surface area contributed by atoms with Crippen LogP contribution in [0.2, 0.25) is 0 Å². The number of fused-ring (bicyclic) bond motifs is 2. The molecule has 188 valence electrons. The topological polar surface area (TPSA) is 97.2 Å². The number of aromatic nitrogens is 3. The molecule has 0 unspecified atom stereocenters. The Hall–Kier alpha value is -3.75. The first-order chi connectivity index (χ1) is 17.9. The van der Waals surface area contributed by atoms with E-state index in [0.717, 1.165) is 46.4 Å². The summed E-state index contributed by atoms with van der Waals surface area (Å²) in [4.78, 5) is 26.9. The minimum absolute atomic E-state index is 0.0246. The van der Waals surface area contributed by atoms with E-state index < -0.39 is 5.67 Å². The first-order valence-electron chi connectivity index (χ1n) is 12.4. The SMILES string of the molecule is C[C@@]1(F)COCc2ccc(C(=O)NCc3cc4nc(-c5cccc(C6(CO)CC6)n5)ccc4cn3)cc21. The maximum absolute atomic E-state index is 14.9. The number of halogens is 1. The van der Waals surface area contributed by atoms with E-state index >= 15 is 0 Å². The maximum atomic E-state index is 14.9. The molecule has 1 aliphatic heterocycles. The third-order valence-electron chi connectivity index (χ3n) is 7.34. The van der Waals surface area contributed by atoms with Gasteiger partial charge in [0, 0.05) is 28.3 Å².